The van der Waals surface area contributed by atoms with Crippen molar-refractivity contribution in [2.24, 2.45) is 5.73 Å². The maximum absolute atomic E-state index is 13.3. The van der Waals surface area contributed by atoms with Crippen LogP contribution in [-0.4, -0.2) is 5.91 Å². The average molecular weight is 345 g/mol. The van der Waals surface area contributed by atoms with Gasteiger partial charge in [-0.25, -0.2) is 4.39 Å². The summed E-state index contributed by atoms with van der Waals surface area (Å²) in [7, 11) is 0. The zero-order valence-electron chi connectivity index (χ0n) is 9.49. The van der Waals surface area contributed by atoms with E-state index < -0.39 is 11.7 Å². The number of nitrogens with two attached hydrogens (primary N) is 1. The van der Waals surface area contributed by atoms with Crippen LogP contribution in [0.3, 0.4) is 0 Å². The van der Waals surface area contributed by atoms with Crippen molar-refractivity contribution in [3.8, 4) is 11.5 Å². The van der Waals surface area contributed by atoms with Crippen LogP contribution in [0.4, 0.5) is 4.39 Å². The molecule has 3 nitrogen and oxygen atoms in total. The molecular weight excluding hydrogens is 337 g/mol. The Morgan fingerprint density at radius 2 is 2.00 bits per heavy atom. The highest BCUT2D eigenvalue weighted by Crippen LogP contribution is 2.31. The number of hydrogen-bond acceptors (Lipinski definition) is 2. The van der Waals surface area contributed by atoms with Crippen LogP contribution in [0.2, 0.25) is 5.02 Å². The molecule has 6 heteroatoms. The lowest BCUT2D eigenvalue weighted by Crippen LogP contribution is -2.10. The topological polar surface area (TPSA) is 52.3 Å². The first-order valence-electron chi connectivity index (χ1n) is 5.19. The van der Waals surface area contributed by atoms with Gasteiger partial charge >= 0.3 is 0 Å². The highest BCUT2D eigenvalue weighted by Gasteiger charge is 2.08. The Labute approximate surface area is 122 Å². The van der Waals surface area contributed by atoms with Crippen LogP contribution in [0, 0.1) is 5.82 Å². The summed E-state index contributed by atoms with van der Waals surface area (Å²) in [5.74, 6) is -0.409. The Hall–Kier alpha value is -1.59. The molecule has 0 heterocycles. The lowest BCUT2D eigenvalue weighted by molar-refractivity contribution is 0.100. The number of carbonyl (C=O) groups excluding carboxylic acids is 1. The van der Waals surface area contributed by atoms with Crippen LogP contribution in [-0.2, 0) is 0 Å². The number of rotatable bonds is 3. The first-order valence-corrected chi connectivity index (χ1v) is 6.37. The molecule has 0 saturated carbocycles. The predicted octanol–water partition coefficient (Wildman–Crippen LogP) is 4.13. The monoisotopic (exact) mass is 343 g/mol. The van der Waals surface area contributed by atoms with Gasteiger partial charge in [0, 0.05) is 11.6 Å². The molecule has 98 valence electrons. The number of carbonyl (C=O) groups is 1. The highest BCUT2D eigenvalue weighted by atomic mass is 79.9. The quantitative estimate of drug-likeness (QED) is 0.910. The largest absolute Gasteiger partial charge is 0.456 e. The third kappa shape index (κ3) is 3.24. The zero-order valence-corrected chi connectivity index (χ0v) is 11.8. The van der Waals surface area contributed by atoms with Crippen LogP contribution >= 0.6 is 27.5 Å². The summed E-state index contributed by atoms with van der Waals surface area (Å²) in [5.41, 5.74) is 5.41. The number of hydrogen-bond donors (Lipinski definition) is 1. The lowest BCUT2D eigenvalue weighted by Gasteiger charge is -2.08. The minimum atomic E-state index is -0.580. The molecular formula is C13H8BrClFNO2. The zero-order chi connectivity index (χ0) is 14.0. The van der Waals surface area contributed by atoms with Crippen LogP contribution in [0.15, 0.2) is 40.9 Å². The standard InChI is InChI=1S/C13H8BrClFNO2/c14-9-3-2-8(6-11(9)16)19-12-4-1-7(13(17)18)5-10(12)15/h1-6H,(H2,17,18). The summed E-state index contributed by atoms with van der Waals surface area (Å²) in [6.07, 6.45) is 0. The molecule has 0 atom stereocenters. The molecule has 0 aromatic heterocycles. The van der Waals surface area contributed by atoms with Crippen LogP contribution < -0.4 is 10.5 Å². The van der Waals surface area contributed by atoms with Gasteiger partial charge in [0.15, 0.2) is 0 Å². The summed E-state index contributed by atoms with van der Waals surface area (Å²) in [6, 6.07) is 8.72. The van der Waals surface area contributed by atoms with E-state index in [-0.39, 0.29) is 10.6 Å². The molecule has 2 rings (SSSR count). The number of ether oxygens (including phenoxy) is 1. The summed E-state index contributed by atoms with van der Waals surface area (Å²) in [5, 5.41) is 0.222. The number of benzene rings is 2. The number of amides is 1. The molecule has 0 bridgehead atoms. The van der Waals surface area contributed by atoms with E-state index in [0.717, 1.165) is 0 Å². The third-order valence-electron chi connectivity index (χ3n) is 2.34. The minimum Gasteiger partial charge on any atom is -0.456 e. The first kappa shape index (κ1) is 13.8. The van der Waals surface area contributed by atoms with Crippen LogP contribution in [0.1, 0.15) is 10.4 Å². The lowest BCUT2D eigenvalue weighted by atomic mass is 10.2. The molecule has 0 fully saturated rings. The van der Waals surface area contributed by atoms with Gasteiger partial charge in [-0.1, -0.05) is 11.6 Å². The molecule has 0 saturated heterocycles. The Balaban J connectivity index is 2.28. The molecule has 2 aromatic rings. The minimum absolute atomic E-state index is 0.222. The smallest absolute Gasteiger partial charge is 0.248 e. The molecule has 1 amide bonds. The van der Waals surface area contributed by atoms with Crippen LogP contribution in [0.25, 0.3) is 0 Å². The van der Waals surface area contributed by atoms with E-state index in [1.807, 2.05) is 0 Å². The van der Waals surface area contributed by atoms with Crippen molar-refractivity contribution in [1.29, 1.82) is 0 Å². The SMILES string of the molecule is NC(=O)c1ccc(Oc2ccc(Br)c(F)c2)c(Cl)c1. The fraction of sp³-hybridized carbons (Fsp3) is 0. The second kappa shape index (κ2) is 5.59. The summed E-state index contributed by atoms with van der Waals surface area (Å²) < 4.78 is 19.1. The van der Waals surface area contributed by atoms with Crippen molar-refractivity contribution in [2.75, 3.05) is 0 Å². The number of primary amides is 1. The maximum Gasteiger partial charge on any atom is 0.248 e. The van der Waals surface area contributed by atoms with Gasteiger partial charge in [-0.05, 0) is 46.3 Å². The van der Waals surface area contributed by atoms with Crippen molar-refractivity contribution in [1.82, 2.24) is 0 Å². The Bertz CT molecular complexity index is 649. The first-order chi connectivity index (χ1) is 8.97. The van der Waals surface area contributed by atoms with Gasteiger partial charge in [0.1, 0.15) is 17.3 Å². The summed E-state index contributed by atoms with van der Waals surface area (Å²) >= 11 is 9.01. The predicted molar refractivity (Wildman–Crippen MR) is 74.1 cm³/mol. The van der Waals surface area contributed by atoms with Gasteiger partial charge in [-0.3, -0.25) is 4.79 Å². The normalized spacial score (nSPS) is 10.3. The van der Waals surface area contributed by atoms with Gasteiger partial charge in [-0.15, -0.1) is 0 Å². The molecule has 0 unspecified atom stereocenters. The van der Waals surface area contributed by atoms with Gasteiger partial charge in [0.25, 0.3) is 0 Å². The van der Waals surface area contributed by atoms with E-state index in [1.165, 1.54) is 30.3 Å². The van der Waals surface area contributed by atoms with E-state index in [1.54, 1.807) is 6.07 Å². The summed E-state index contributed by atoms with van der Waals surface area (Å²) in [6.45, 7) is 0. The molecule has 19 heavy (non-hydrogen) atoms. The molecule has 0 aliphatic rings. The third-order valence-corrected chi connectivity index (χ3v) is 3.27. The van der Waals surface area contributed by atoms with Crippen LogP contribution in [0.5, 0.6) is 11.5 Å². The van der Waals surface area contributed by atoms with Gasteiger partial charge in [0.05, 0.1) is 9.50 Å². The van der Waals surface area contributed by atoms with E-state index in [2.05, 4.69) is 15.9 Å². The molecule has 0 aliphatic carbocycles. The Morgan fingerprint density at radius 1 is 1.26 bits per heavy atom. The van der Waals surface area contributed by atoms with Crippen molar-refractivity contribution >= 4 is 33.4 Å². The van der Waals surface area contributed by atoms with Gasteiger partial charge in [-0.2, -0.15) is 0 Å². The maximum atomic E-state index is 13.3. The van der Waals surface area contributed by atoms with E-state index >= 15 is 0 Å². The van der Waals surface area contributed by atoms with Crippen molar-refractivity contribution < 1.29 is 13.9 Å². The number of halogens is 3. The van der Waals surface area contributed by atoms with Gasteiger partial charge < -0.3 is 10.5 Å². The van der Waals surface area contributed by atoms with Gasteiger partial charge in [0.2, 0.25) is 5.91 Å². The highest BCUT2D eigenvalue weighted by molar-refractivity contribution is 9.10. The molecule has 2 aromatic carbocycles. The average Bonchev–Trinajstić information content (AvgIpc) is 2.36. The molecule has 2 N–H and O–H groups in total. The fourth-order valence-corrected chi connectivity index (χ4v) is 1.87. The molecule has 0 spiro atoms. The van der Waals surface area contributed by atoms with Crippen molar-refractivity contribution in [2.45, 2.75) is 0 Å². The Kier molecular flexibility index (Phi) is 4.07. The molecule has 0 aliphatic heterocycles. The summed E-state index contributed by atoms with van der Waals surface area (Å²) in [4.78, 5) is 11.0. The second-order valence-corrected chi connectivity index (χ2v) is 4.95. The van der Waals surface area contributed by atoms with E-state index in [4.69, 9.17) is 22.1 Å². The van der Waals surface area contributed by atoms with Crippen molar-refractivity contribution in [3.63, 3.8) is 0 Å². The Morgan fingerprint density at radius 3 is 2.58 bits per heavy atom. The van der Waals surface area contributed by atoms with E-state index in [9.17, 15) is 9.18 Å². The fourth-order valence-electron chi connectivity index (χ4n) is 1.40. The van der Waals surface area contributed by atoms with Crippen molar-refractivity contribution in [3.05, 3.63) is 57.3 Å². The van der Waals surface area contributed by atoms with E-state index in [0.29, 0.717) is 16.0 Å². The molecule has 0 radical (unpaired) electrons. The second-order valence-electron chi connectivity index (χ2n) is 3.69.